The molecule has 2 aliphatic rings. The molecule has 0 bridgehead atoms. The summed E-state index contributed by atoms with van der Waals surface area (Å²) in [5, 5.41) is 2.92. The maximum atomic E-state index is 12.6. The van der Waals surface area contributed by atoms with Gasteiger partial charge in [-0.3, -0.25) is 0 Å². The number of hydrogen-bond acceptors (Lipinski definition) is 3. The van der Waals surface area contributed by atoms with Crippen molar-refractivity contribution in [2.75, 3.05) is 32.7 Å². The second kappa shape index (κ2) is 6.78. The number of carbonyl (C=O) groups excluding carboxylic acids is 1. The summed E-state index contributed by atoms with van der Waals surface area (Å²) in [6.07, 6.45) is 2.39. The highest BCUT2D eigenvalue weighted by Crippen LogP contribution is 2.27. The van der Waals surface area contributed by atoms with Gasteiger partial charge in [0.1, 0.15) is 0 Å². The molecule has 1 saturated heterocycles. The van der Waals surface area contributed by atoms with Crippen LogP contribution in [0.4, 0.5) is 4.79 Å². The minimum absolute atomic E-state index is 0.0867. The molecule has 0 atom stereocenters. The average Bonchev–Trinajstić information content (AvgIpc) is 3.37. The molecule has 1 heterocycles. The monoisotopic (exact) mass is 401 g/mol. The molecule has 0 spiro atoms. The maximum Gasteiger partial charge on any atom is 0.317 e. The van der Waals surface area contributed by atoms with E-state index in [-0.39, 0.29) is 10.9 Å². The van der Waals surface area contributed by atoms with Gasteiger partial charge in [0.15, 0.2) is 0 Å². The Morgan fingerprint density at radius 2 is 1.91 bits per heavy atom. The summed E-state index contributed by atoms with van der Waals surface area (Å²) in [4.78, 5) is 14.0. The summed E-state index contributed by atoms with van der Waals surface area (Å²) in [5.74, 6) is 0.636. The quantitative estimate of drug-likeness (QED) is 0.836. The molecule has 23 heavy (non-hydrogen) atoms. The molecule has 6 nitrogen and oxygen atoms in total. The van der Waals surface area contributed by atoms with Crippen molar-refractivity contribution < 1.29 is 13.2 Å². The van der Waals surface area contributed by atoms with E-state index < -0.39 is 10.0 Å². The lowest BCUT2D eigenvalue weighted by Crippen LogP contribution is -2.53. The van der Waals surface area contributed by atoms with E-state index in [1.807, 2.05) is 0 Å². The third-order valence-electron chi connectivity index (χ3n) is 4.20. The minimum atomic E-state index is -3.50. The Hall–Kier alpha value is -1.12. The SMILES string of the molecule is O=C(NCC1CC1)N1CCN(S(=O)(=O)c2cccc(Br)c2)CC1. The van der Waals surface area contributed by atoms with E-state index in [0.717, 1.165) is 11.0 Å². The van der Waals surface area contributed by atoms with Crippen molar-refractivity contribution in [1.82, 2.24) is 14.5 Å². The van der Waals surface area contributed by atoms with Crippen LogP contribution in [0.3, 0.4) is 0 Å². The number of carbonyl (C=O) groups is 1. The molecule has 1 aromatic rings. The first kappa shape index (κ1) is 16.7. The fourth-order valence-corrected chi connectivity index (χ4v) is 4.59. The van der Waals surface area contributed by atoms with E-state index >= 15 is 0 Å². The molecule has 3 rings (SSSR count). The molecule has 0 unspecified atom stereocenters. The molecule has 1 N–H and O–H groups in total. The predicted octanol–water partition coefficient (Wildman–Crippen LogP) is 1.88. The molecule has 2 fully saturated rings. The smallest absolute Gasteiger partial charge is 0.317 e. The Balaban J connectivity index is 1.58. The molecule has 0 radical (unpaired) electrons. The van der Waals surface area contributed by atoms with Gasteiger partial charge < -0.3 is 10.2 Å². The van der Waals surface area contributed by atoms with Crippen LogP contribution in [0.2, 0.25) is 0 Å². The molecule has 1 saturated carbocycles. The molecule has 2 amide bonds. The number of halogens is 1. The van der Waals surface area contributed by atoms with Gasteiger partial charge in [0.2, 0.25) is 10.0 Å². The average molecular weight is 402 g/mol. The number of amides is 2. The van der Waals surface area contributed by atoms with Gasteiger partial charge in [0.05, 0.1) is 4.90 Å². The van der Waals surface area contributed by atoms with Crippen molar-refractivity contribution in [3.8, 4) is 0 Å². The number of piperazine rings is 1. The van der Waals surface area contributed by atoms with Crippen molar-refractivity contribution in [2.24, 2.45) is 5.92 Å². The lowest BCUT2D eigenvalue weighted by molar-refractivity contribution is 0.172. The highest BCUT2D eigenvalue weighted by molar-refractivity contribution is 9.10. The first-order valence-corrected chi connectivity index (χ1v) is 9.98. The van der Waals surface area contributed by atoms with Crippen molar-refractivity contribution in [2.45, 2.75) is 17.7 Å². The predicted molar refractivity (Wildman–Crippen MR) is 90.6 cm³/mol. The molecular formula is C15H20BrN3O3S. The largest absolute Gasteiger partial charge is 0.338 e. The summed E-state index contributed by atoms with van der Waals surface area (Å²) >= 11 is 3.30. The third-order valence-corrected chi connectivity index (χ3v) is 6.59. The van der Waals surface area contributed by atoms with Crippen molar-refractivity contribution in [1.29, 1.82) is 0 Å². The second-order valence-corrected chi connectivity index (χ2v) is 8.83. The molecule has 1 aliphatic heterocycles. The van der Waals surface area contributed by atoms with Gasteiger partial charge in [-0.05, 0) is 37.0 Å². The maximum absolute atomic E-state index is 12.6. The summed E-state index contributed by atoms with van der Waals surface area (Å²) < 4.78 is 27.4. The summed E-state index contributed by atoms with van der Waals surface area (Å²) in [6.45, 7) is 2.22. The van der Waals surface area contributed by atoms with Gasteiger partial charge in [-0.2, -0.15) is 4.31 Å². The lowest BCUT2D eigenvalue weighted by atomic mass is 10.4. The molecule has 8 heteroatoms. The zero-order valence-electron chi connectivity index (χ0n) is 12.7. The number of nitrogens with one attached hydrogen (secondary N) is 1. The topological polar surface area (TPSA) is 69.7 Å². The molecule has 126 valence electrons. The van der Waals surface area contributed by atoms with Crippen LogP contribution in [0, 0.1) is 5.92 Å². The van der Waals surface area contributed by atoms with E-state index in [2.05, 4.69) is 21.2 Å². The Kier molecular flexibility index (Phi) is 4.93. The van der Waals surface area contributed by atoms with Crippen LogP contribution >= 0.6 is 15.9 Å². The third kappa shape index (κ3) is 4.05. The van der Waals surface area contributed by atoms with Crippen LogP contribution in [-0.2, 0) is 10.0 Å². The van der Waals surface area contributed by atoms with Crippen LogP contribution in [-0.4, -0.2) is 56.4 Å². The number of rotatable bonds is 4. The Bertz CT molecular complexity index is 683. The summed E-state index contributed by atoms with van der Waals surface area (Å²) in [7, 11) is -3.50. The van der Waals surface area contributed by atoms with E-state index in [4.69, 9.17) is 0 Å². The van der Waals surface area contributed by atoms with Gasteiger partial charge in [0.25, 0.3) is 0 Å². The Morgan fingerprint density at radius 3 is 2.52 bits per heavy atom. The van der Waals surface area contributed by atoms with E-state index in [9.17, 15) is 13.2 Å². The standard InChI is InChI=1S/C15H20BrN3O3S/c16-13-2-1-3-14(10-13)23(21,22)19-8-6-18(7-9-19)15(20)17-11-12-4-5-12/h1-3,10,12H,4-9,11H2,(H,17,20). The Morgan fingerprint density at radius 1 is 1.22 bits per heavy atom. The van der Waals surface area contributed by atoms with Crippen LogP contribution in [0.5, 0.6) is 0 Å². The van der Waals surface area contributed by atoms with Gasteiger partial charge in [-0.15, -0.1) is 0 Å². The van der Waals surface area contributed by atoms with Gasteiger partial charge >= 0.3 is 6.03 Å². The fraction of sp³-hybridized carbons (Fsp3) is 0.533. The van der Waals surface area contributed by atoms with Crippen molar-refractivity contribution in [3.63, 3.8) is 0 Å². The van der Waals surface area contributed by atoms with E-state index in [0.29, 0.717) is 32.1 Å². The van der Waals surface area contributed by atoms with Crippen LogP contribution in [0.15, 0.2) is 33.6 Å². The van der Waals surface area contributed by atoms with Gasteiger partial charge in [0, 0.05) is 37.2 Å². The molecule has 1 aliphatic carbocycles. The first-order chi connectivity index (χ1) is 11.0. The normalized spacial score (nSPS) is 19.6. The van der Waals surface area contributed by atoms with Crippen LogP contribution in [0.25, 0.3) is 0 Å². The second-order valence-electron chi connectivity index (χ2n) is 5.98. The van der Waals surface area contributed by atoms with Crippen molar-refractivity contribution in [3.05, 3.63) is 28.7 Å². The fourth-order valence-electron chi connectivity index (χ4n) is 2.57. The number of nitrogens with zero attached hydrogens (tertiary/aromatic N) is 2. The number of hydrogen-bond donors (Lipinski definition) is 1. The zero-order chi connectivity index (χ0) is 16.4. The Labute approximate surface area is 145 Å². The number of benzene rings is 1. The highest BCUT2D eigenvalue weighted by Gasteiger charge is 2.30. The lowest BCUT2D eigenvalue weighted by Gasteiger charge is -2.34. The molecular weight excluding hydrogens is 382 g/mol. The number of sulfonamides is 1. The minimum Gasteiger partial charge on any atom is -0.338 e. The van der Waals surface area contributed by atoms with Gasteiger partial charge in [-0.25, -0.2) is 13.2 Å². The van der Waals surface area contributed by atoms with Crippen molar-refractivity contribution >= 4 is 32.0 Å². The first-order valence-electron chi connectivity index (χ1n) is 7.75. The number of urea groups is 1. The van der Waals surface area contributed by atoms with Crippen LogP contribution in [0.1, 0.15) is 12.8 Å². The molecule has 0 aromatic heterocycles. The van der Waals surface area contributed by atoms with E-state index in [1.165, 1.54) is 17.1 Å². The summed E-state index contributed by atoms with van der Waals surface area (Å²) in [6, 6.07) is 6.61. The highest BCUT2D eigenvalue weighted by atomic mass is 79.9. The molecule has 1 aromatic carbocycles. The van der Waals surface area contributed by atoms with Crippen LogP contribution < -0.4 is 5.32 Å². The zero-order valence-corrected chi connectivity index (χ0v) is 15.1. The van der Waals surface area contributed by atoms with E-state index in [1.54, 1.807) is 29.2 Å². The van der Waals surface area contributed by atoms with Gasteiger partial charge in [-0.1, -0.05) is 22.0 Å². The summed E-state index contributed by atoms with van der Waals surface area (Å²) in [5.41, 5.74) is 0.